The molecule has 1 saturated heterocycles. The van der Waals surface area contributed by atoms with Gasteiger partial charge in [0.2, 0.25) is 5.43 Å². The molecule has 5 unspecified atom stereocenters. The number of phenols is 2. The zero-order valence-electron chi connectivity index (χ0n) is 21.3. The molecule has 0 saturated carbocycles. The summed E-state index contributed by atoms with van der Waals surface area (Å²) in [7, 11) is 0. The Morgan fingerprint density at radius 2 is 1.82 bits per heavy atom. The number of amides is 1. The second kappa shape index (κ2) is 7.74. The number of ether oxygens (including phenoxy) is 3. The van der Waals surface area contributed by atoms with Gasteiger partial charge in [0.15, 0.2) is 18.1 Å². The number of hydrogen-bond donors (Lipinski definition) is 5. The highest BCUT2D eigenvalue weighted by atomic mass is 16.7. The van der Waals surface area contributed by atoms with E-state index >= 15 is 0 Å². The van der Waals surface area contributed by atoms with E-state index in [2.05, 4.69) is 0 Å². The van der Waals surface area contributed by atoms with Gasteiger partial charge >= 0.3 is 0 Å². The number of nitrogens with zero attached hydrogens (tertiary/aromatic N) is 1. The average Bonchev–Trinajstić information content (AvgIpc) is 3.30. The molecule has 208 valence electrons. The van der Waals surface area contributed by atoms with Crippen LogP contribution in [0.4, 0.5) is 0 Å². The Labute approximate surface area is 225 Å². The van der Waals surface area contributed by atoms with Gasteiger partial charge in [0.25, 0.3) is 5.91 Å². The molecule has 2 aliphatic carbocycles. The van der Waals surface area contributed by atoms with Gasteiger partial charge in [0.05, 0.1) is 36.0 Å². The molecule has 5 atom stereocenters. The maximum absolute atomic E-state index is 13.8. The number of fused-ring (bicyclic) bond motifs is 7. The number of carbonyl (C=O) groups excluding carboxylic acids is 1. The van der Waals surface area contributed by atoms with Crippen molar-refractivity contribution in [2.45, 2.75) is 56.3 Å². The first-order valence-corrected chi connectivity index (χ1v) is 13.1. The Hall–Kier alpha value is -3.68. The van der Waals surface area contributed by atoms with Crippen molar-refractivity contribution in [2.75, 3.05) is 19.9 Å². The van der Waals surface area contributed by atoms with Gasteiger partial charge in [-0.15, -0.1) is 0 Å². The monoisotopic (exact) mass is 551 g/mol. The summed E-state index contributed by atoms with van der Waals surface area (Å²) < 4.78 is 23.4. The zero-order valence-corrected chi connectivity index (χ0v) is 21.3. The summed E-state index contributed by atoms with van der Waals surface area (Å²) in [5, 5.41) is 54.4. The normalized spacial score (nSPS) is 29.8. The van der Waals surface area contributed by atoms with Crippen LogP contribution in [0.3, 0.4) is 0 Å². The Balaban J connectivity index is 1.45. The second-order valence-corrected chi connectivity index (χ2v) is 11.2. The first kappa shape index (κ1) is 24.1. The lowest BCUT2D eigenvalue weighted by Crippen LogP contribution is -2.51. The van der Waals surface area contributed by atoms with E-state index in [0.717, 1.165) is 0 Å². The van der Waals surface area contributed by atoms with E-state index in [1.807, 2.05) is 13.0 Å². The molecule has 2 aromatic carbocycles. The molecule has 0 spiro atoms. The Morgan fingerprint density at radius 1 is 1.02 bits per heavy atom. The lowest BCUT2D eigenvalue weighted by atomic mass is 9.77. The van der Waals surface area contributed by atoms with E-state index in [4.69, 9.17) is 18.6 Å². The van der Waals surface area contributed by atoms with Crippen molar-refractivity contribution in [3.05, 3.63) is 49.9 Å². The molecule has 4 heterocycles. The Bertz CT molecular complexity index is 1750. The number of aliphatic hydroxyl groups is 3. The third-order valence-corrected chi connectivity index (χ3v) is 8.99. The number of hydrogen-bond acceptors (Lipinski definition) is 11. The first-order valence-electron chi connectivity index (χ1n) is 13.1. The zero-order chi connectivity index (χ0) is 27.8. The molecular formula is C28H25NO11. The van der Waals surface area contributed by atoms with E-state index in [-0.39, 0.29) is 70.1 Å². The highest BCUT2D eigenvalue weighted by Crippen LogP contribution is 2.58. The molecule has 1 fully saturated rings. The smallest absolute Gasteiger partial charge is 0.260 e. The van der Waals surface area contributed by atoms with Crippen LogP contribution in [0.2, 0.25) is 0 Å². The van der Waals surface area contributed by atoms with Crippen LogP contribution in [-0.4, -0.2) is 68.1 Å². The van der Waals surface area contributed by atoms with Crippen LogP contribution in [-0.2, 0) is 22.3 Å². The summed E-state index contributed by atoms with van der Waals surface area (Å²) in [6.07, 6.45) is -4.68. The van der Waals surface area contributed by atoms with Crippen molar-refractivity contribution < 1.29 is 49.0 Å². The van der Waals surface area contributed by atoms with E-state index in [1.54, 1.807) is 4.90 Å². The Kier molecular flexibility index (Phi) is 4.67. The largest absolute Gasteiger partial charge is 0.506 e. The standard InChI is InChI=1S/C28H25NO11/c1-28-7-10-4-9-5-13-17-18(14(9)21(33)15(10)27(36)29(28)2-3-39-28)23(35)19-22(34)16-11(30)6-12(31)20(32)24(16)40-26(19)25(17)38-8-37-13/h4,11-13,20,30-33,35H,2-3,5-8H2,1H3. The second-order valence-electron chi connectivity index (χ2n) is 11.2. The third kappa shape index (κ3) is 2.82. The fourth-order valence-electron chi connectivity index (χ4n) is 7.16. The number of rotatable bonds is 0. The molecule has 0 bridgehead atoms. The molecule has 3 aromatic rings. The fraction of sp³-hybridized carbons (Fsp3) is 0.429. The summed E-state index contributed by atoms with van der Waals surface area (Å²) >= 11 is 0. The molecule has 5 aliphatic rings. The maximum Gasteiger partial charge on any atom is 0.260 e. The van der Waals surface area contributed by atoms with Crippen LogP contribution in [0.25, 0.3) is 22.1 Å². The number of aromatic hydroxyl groups is 2. The van der Waals surface area contributed by atoms with Gasteiger partial charge in [0, 0.05) is 42.5 Å². The van der Waals surface area contributed by atoms with Crippen LogP contribution in [0.15, 0.2) is 15.3 Å². The van der Waals surface area contributed by atoms with Crippen LogP contribution < -0.4 is 10.2 Å². The summed E-state index contributed by atoms with van der Waals surface area (Å²) in [4.78, 5) is 28.9. The first-order chi connectivity index (χ1) is 19.1. The van der Waals surface area contributed by atoms with E-state index in [1.165, 1.54) is 0 Å². The van der Waals surface area contributed by atoms with E-state index in [0.29, 0.717) is 36.3 Å². The number of phenolic OH excluding ortho intramolecular Hbond substituents is 2. The Morgan fingerprint density at radius 3 is 2.62 bits per heavy atom. The molecule has 0 radical (unpaired) electrons. The van der Waals surface area contributed by atoms with Gasteiger partial charge in [-0.1, -0.05) is 6.07 Å². The molecular weight excluding hydrogens is 526 g/mol. The quantitative estimate of drug-likeness (QED) is 0.273. The van der Waals surface area contributed by atoms with Crippen molar-refractivity contribution in [1.82, 2.24) is 4.90 Å². The number of carbonyl (C=O) groups is 1. The molecule has 1 amide bonds. The van der Waals surface area contributed by atoms with Crippen LogP contribution in [0.5, 0.6) is 17.2 Å². The highest BCUT2D eigenvalue weighted by molar-refractivity contribution is 6.06. The molecule has 1 aromatic heterocycles. The molecule has 5 N–H and O–H groups in total. The SMILES string of the molecule is CC12Cc3cc4c(c(O)c3C(=O)N1CCO2)-c1c2c(c3oc5c(c(=O)c3c1O)C(O)CC(O)C5O)OCOC2C4. The van der Waals surface area contributed by atoms with Crippen LogP contribution in [0, 0.1) is 0 Å². The minimum absolute atomic E-state index is 0.0747. The molecule has 12 nitrogen and oxygen atoms in total. The van der Waals surface area contributed by atoms with Crippen molar-refractivity contribution in [3.63, 3.8) is 0 Å². The van der Waals surface area contributed by atoms with Crippen LogP contribution in [0.1, 0.15) is 70.0 Å². The van der Waals surface area contributed by atoms with Crippen molar-refractivity contribution in [3.8, 4) is 28.4 Å². The average molecular weight is 552 g/mol. The van der Waals surface area contributed by atoms with Crippen molar-refractivity contribution >= 4 is 16.9 Å². The summed E-state index contributed by atoms with van der Waals surface area (Å²) in [6, 6.07) is 1.81. The predicted octanol–water partition coefficient (Wildman–Crippen LogP) is 1.41. The third-order valence-electron chi connectivity index (χ3n) is 8.99. The lowest BCUT2D eigenvalue weighted by Gasteiger charge is -2.40. The minimum atomic E-state index is -1.57. The van der Waals surface area contributed by atoms with Crippen molar-refractivity contribution in [2.24, 2.45) is 0 Å². The predicted molar refractivity (Wildman–Crippen MR) is 134 cm³/mol. The van der Waals surface area contributed by atoms with Gasteiger partial charge in [0.1, 0.15) is 34.5 Å². The van der Waals surface area contributed by atoms with Crippen molar-refractivity contribution in [1.29, 1.82) is 0 Å². The summed E-state index contributed by atoms with van der Waals surface area (Å²) in [5.74, 6) is -1.48. The topological polar surface area (TPSA) is 179 Å². The summed E-state index contributed by atoms with van der Waals surface area (Å²) in [5.41, 5.74) is -0.153. The molecule has 8 rings (SSSR count). The number of benzene rings is 2. The maximum atomic E-state index is 13.8. The number of aliphatic hydroxyl groups excluding tert-OH is 3. The van der Waals surface area contributed by atoms with Gasteiger partial charge < -0.3 is 49.1 Å². The van der Waals surface area contributed by atoms with Gasteiger partial charge in [-0.05, 0) is 18.1 Å². The molecule has 12 heteroatoms. The molecule has 3 aliphatic heterocycles. The van der Waals surface area contributed by atoms with Gasteiger partial charge in [-0.2, -0.15) is 0 Å². The van der Waals surface area contributed by atoms with Gasteiger partial charge in [-0.25, -0.2) is 0 Å². The van der Waals surface area contributed by atoms with E-state index < -0.39 is 47.2 Å². The fourth-order valence-corrected chi connectivity index (χ4v) is 7.16. The highest BCUT2D eigenvalue weighted by Gasteiger charge is 2.49. The minimum Gasteiger partial charge on any atom is -0.506 e. The van der Waals surface area contributed by atoms with E-state index in [9.17, 15) is 35.1 Å². The van der Waals surface area contributed by atoms with Crippen LogP contribution >= 0.6 is 0 Å². The summed E-state index contributed by atoms with van der Waals surface area (Å²) in [6.45, 7) is 2.39. The molecule has 40 heavy (non-hydrogen) atoms. The van der Waals surface area contributed by atoms with Gasteiger partial charge in [-0.3, -0.25) is 9.59 Å². The lowest BCUT2D eigenvalue weighted by molar-refractivity contribution is -0.0600.